The highest BCUT2D eigenvalue weighted by atomic mass is 16.5. The third-order valence-electron chi connectivity index (χ3n) is 5.61. The molecule has 166 valence electrons. The molecule has 30 heavy (non-hydrogen) atoms. The number of nitrogens with one attached hydrogen (secondary N) is 1. The number of amides is 1. The fourth-order valence-corrected chi connectivity index (χ4v) is 3.71. The first-order valence-electron chi connectivity index (χ1n) is 10.9. The normalized spacial score (nSPS) is 19.6. The van der Waals surface area contributed by atoms with Gasteiger partial charge in [0, 0.05) is 45.8 Å². The van der Waals surface area contributed by atoms with Gasteiger partial charge in [-0.15, -0.1) is 0 Å². The van der Waals surface area contributed by atoms with Crippen LogP contribution in [-0.4, -0.2) is 104 Å². The molecule has 2 heterocycles. The molecule has 2 aliphatic rings. The molecule has 1 atom stereocenters. The summed E-state index contributed by atoms with van der Waals surface area (Å²) >= 11 is 0. The molecular weight excluding hydrogens is 382 g/mol. The van der Waals surface area contributed by atoms with Gasteiger partial charge in [0.05, 0.1) is 32.4 Å². The second kappa shape index (κ2) is 11.3. The number of guanidine groups is 1. The Morgan fingerprint density at radius 1 is 1.10 bits per heavy atom. The van der Waals surface area contributed by atoms with Crippen LogP contribution in [0.25, 0.3) is 0 Å². The number of rotatable bonds is 6. The number of aliphatic hydroxyl groups excluding tert-OH is 1. The lowest BCUT2D eigenvalue weighted by Gasteiger charge is -2.37. The summed E-state index contributed by atoms with van der Waals surface area (Å²) < 4.78 is 5.32. The molecular formula is C22H35N5O3. The summed E-state index contributed by atoms with van der Waals surface area (Å²) in [5.41, 5.74) is 2.06. The van der Waals surface area contributed by atoms with Gasteiger partial charge in [0.25, 0.3) is 0 Å². The van der Waals surface area contributed by atoms with Crippen molar-refractivity contribution < 1.29 is 14.6 Å². The highest BCUT2D eigenvalue weighted by Gasteiger charge is 2.24. The predicted octanol–water partition coefficient (Wildman–Crippen LogP) is 0.470. The quantitative estimate of drug-likeness (QED) is 0.517. The van der Waals surface area contributed by atoms with Crippen molar-refractivity contribution in [3.05, 3.63) is 35.4 Å². The molecule has 1 aromatic rings. The van der Waals surface area contributed by atoms with E-state index in [0.29, 0.717) is 39.4 Å². The van der Waals surface area contributed by atoms with Crippen molar-refractivity contribution in [3.8, 4) is 0 Å². The average Bonchev–Trinajstić information content (AvgIpc) is 2.78. The smallest absolute Gasteiger partial charge is 0.236 e. The largest absolute Gasteiger partial charge is 0.386 e. The van der Waals surface area contributed by atoms with E-state index in [1.807, 2.05) is 43.0 Å². The minimum Gasteiger partial charge on any atom is -0.386 e. The number of aryl methyl sites for hydroxylation is 1. The monoisotopic (exact) mass is 417 g/mol. The van der Waals surface area contributed by atoms with Crippen LogP contribution < -0.4 is 5.32 Å². The summed E-state index contributed by atoms with van der Waals surface area (Å²) in [5, 5.41) is 13.8. The number of aliphatic hydroxyl groups is 1. The lowest BCUT2D eigenvalue weighted by Crippen LogP contribution is -2.55. The molecule has 1 aromatic carbocycles. The van der Waals surface area contributed by atoms with Crippen LogP contribution in [0, 0.1) is 6.92 Å². The summed E-state index contributed by atoms with van der Waals surface area (Å²) in [4.78, 5) is 23.5. The zero-order chi connectivity index (χ0) is 21.3. The van der Waals surface area contributed by atoms with E-state index in [4.69, 9.17) is 4.74 Å². The van der Waals surface area contributed by atoms with E-state index in [-0.39, 0.29) is 5.91 Å². The summed E-state index contributed by atoms with van der Waals surface area (Å²) in [6.45, 7) is 11.6. The van der Waals surface area contributed by atoms with Gasteiger partial charge in [0.1, 0.15) is 0 Å². The van der Waals surface area contributed by atoms with Gasteiger partial charge >= 0.3 is 0 Å². The molecule has 0 saturated carbocycles. The standard InChI is InChI=1S/C22H35N5O3/c1-3-23-22(24-16-20(28)19-6-4-18(2)5-7-19)27-10-8-25(9-11-27)17-21(29)26-12-14-30-15-13-26/h4-7,20,28H,3,8-17H2,1-2H3,(H,23,24). The van der Waals surface area contributed by atoms with Crippen molar-refractivity contribution in [1.82, 2.24) is 20.0 Å². The third kappa shape index (κ3) is 6.42. The van der Waals surface area contributed by atoms with Crippen molar-refractivity contribution in [2.24, 2.45) is 4.99 Å². The molecule has 8 nitrogen and oxygen atoms in total. The Kier molecular flexibility index (Phi) is 8.48. The lowest BCUT2D eigenvalue weighted by molar-refractivity contribution is -0.136. The van der Waals surface area contributed by atoms with E-state index < -0.39 is 6.10 Å². The van der Waals surface area contributed by atoms with E-state index in [2.05, 4.69) is 20.1 Å². The molecule has 1 unspecified atom stereocenters. The number of carbonyl (C=O) groups excluding carboxylic acids is 1. The highest BCUT2D eigenvalue weighted by molar-refractivity contribution is 5.80. The van der Waals surface area contributed by atoms with E-state index in [1.165, 1.54) is 5.56 Å². The molecule has 2 N–H and O–H groups in total. The summed E-state index contributed by atoms with van der Waals surface area (Å²) in [5.74, 6) is 1.01. The topological polar surface area (TPSA) is 80.6 Å². The van der Waals surface area contributed by atoms with Crippen LogP contribution in [0.1, 0.15) is 24.2 Å². The Morgan fingerprint density at radius 2 is 1.77 bits per heavy atom. The van der Waals surface area contributed by atoms with Crippen molar-refractivity contribution in [3.63, 3.8) is 0 Å². The number of benzene rings is 1. The van der Waals surface area contributed by atoms with Crippen molar-refractivity contribution in [2.75, 3.05) is 72.1 Å². The number of carbonyl (C=O) groups is 1. The van der Waals surface area contributed by atoms with E-state index in [1.54, 1.807) is 0 Å². The summed E-state index contributed by atoms with van der Waals surface area (Å²) in [7, 11) is 0. The van der Waals surface area contributed by atoms with Gasteiger partial charge in [-0.2, -0.15) is 0 Å². The minimum absolute atomic E-state index is 0.188. The van der Waals surface area contributed by atoms with Gasteiger partial charge < -0.3 is 25.0 Å². The maximum atomic E-state index is 12.5. The number of hydrogen-bond acceptors (Lipinski definition) is 5. The lowest BCUT2D eigenvalue weighted by atomic mass is 10.1. The van der Waals surface area contributed by atoms with Crippen LogP contribution in [0.15, 0.2) is 29.3 Å². The molecule has 0 radical (unpaired) electrons. The maximum absolute atomic E-state index is 12.5. The van der Waals surface area contributed by atoms with Crippen LogP contribution in [0.5, 0.6) is 0 Å². The Bertz CT molecular complexity index is 695. The molecule has 2 aliphatic heterocycles. The number of piperazine rings is 1. The van der Waals surface area contributed by atoms with Gasteiger partial charge in [-0.1, -0.05) is 29.8 Å². The van der Waals surface area contributed by atoms with Gasteiger partial charge in [-0.25, -0.2) is 0 Å². The van der Waals surface area contributed by atoms with Crippen molar-refractivity contribution in [1.29, 1.82) is 0 Å². The Morgan fingerprint density at radius 3 is 2.40 bits per heavy atom. The van der Waals surface area contributed by atoms with E-state index in [0.717, 1.165) is 44.2 Å². The average molecular weight is 418 g/mol. The Balaban J connectivity index is 1.50. The van der Waals surface area contributed by atoms with Crippen LogP contribution >= 0.6 is 0 Å². The molecule has 0 spiro atoms. The van der Waals surface area contributed by atoms with Gasteiger partial charge in [-0.05, 0) is 19.4 Å². The number of nitrogens with zero attached hydrogens (tertiary/aromatic N) is 4. The maximum Gasteiger partial charge on any atom is 0.236 e. The fourth-order valence-electron chi connectivity index (χ4n) is 3.71. The summed E-state index contributed by atoms with van der Waals surface area (Å²) in [6.07, 6.45) is -0.619. The van der Waals surface area contributed by atoms with E-state index >= 15 is 0 Å². The van der Waals surface area contributed by atoms with Crippen LogP contribution in [0.3, 0.4) is 0 Å². The SMILES string of the molecule is CCNC(=NCC(O)c1ccc(C)cc1)N1CCN(CC(=O)N2CCOCC2)CC1. The molecule has 2 fully saturated rings. The first-order chi connectivity index (χ1) is 14.6. The second-order valence-corrected chi connectivity index (χ2v) is 7.88. The molecule has 3 rings (SSSR count). The van der Waals surface area contributed by atoms with Crippen molar-refractivity contribution in [2.45, 2.75) is 20.0 Å². The number of ether oxygens (including phenoxy) is 1. The minimum atomic E-state index is -0.619. The Labute approximate surface area is 179 Å². The zero-order valence-corrected chi connectivity index (χ0v) is 18.2. The van der Waals surface area contributed by atoms with Crippen LogP contribution in [-0.2, 0) is 9.53 Å². The van der Waals surface area contributed by atoms with Gasteiger partial charge in [0.15, 0.2) is 5.96 Å². The molecule has 8 heteroatoms. The first kappa shape index (κ1) is 22.5. The molecule has 0 aliphatic carbocycles. The van der Waals surface area contributed by atoms with Gasteiger partial charge in [-0.3, -0.25) is 14.7 Å². The molecule has 0 aromatic heterocycles. The molecule has 1 amide bonds. The van der Waals surface area contributed by atoms with Crippen molar-refractivity contribution >= 4 is 11.9 Å². The number of morpholine rings is 1. The van der Waals surface area contributed by atoms with Crippen LogP contribution in [0.2, 0.25) is 0 Å². The predicted molar refractivity (Wildman–Crippen MR) is 118 cm³/mol. The fraction of sp³-hybridized carbons (Fsp3) is 0.636. The zero-order valence-electron chi connectivity index (χ0n) is 18.2. The summed E-state index contributed by atoms with van der Waals surface area (Å²) in [6, 6.07) is 7.91. The van der Waals surface area contributed by atoms with Gasteiger partial charge in [0.2, 0.25) is 5.91 Å². The molecule has 2 saturated heterocycles. The first-order valence-corrected chi connectivity index (χ1v) is 10.9. The Hall–Kier alpha value is -2.16. The second-order valence-electron chi connectivity index (χ2n) is 7.88. The van der Waals surface area contributed by atoms with E-state index in [9.17, 15) is 9.90 Å². The molecule has 0 bridgehead atoms. The number of hydrogen-bond donors (Lipinski definition) is 2. The highest BCUT2D eigenvalue weighted by Crippen LogP contribution is 2.14. The third-order valence-corrected chi connectivity index (χ3v) is 5.61. The number of aliphatic imine (C=N–C) groups is 1. The van der Waals surface area contributed by atoms with Crippen LogP contribution in [0.4, 0.5) is 0 Å².